The van der Waals surface area contributed by atoms with E-state index in [1.807, 2.05) is 4.90 Å². The zero-order chi connectivity index (χ0) is 19.9. The van der Waals surface area contributed by atoms with Crippen molar-refractivity contribution in [2.75, 3.05) is 40.0 Å². The van der Waals surface area contributed by atoms with Crippen LogP contribution in [0.2, 0.25) is 0 Å². The van der Waals surface area contributed by atoms with Gasteiger partial charge in [0.1, 0.15) is 12.4 Å². The third-order valence-corrected chi connectivity index (χ3v) is 5.65. The second-order valence-corrected chi connectivity index (χ2v) is 7.46. The lowest BCUT2D eigenvalue weighted by molar-refractivity contribution is -0.144. The summed E-state index contributed by atoms with van der Waals surface area (Å²) in [7, 11) is 1.53. The Morgan fingerprint density at radius 2 is 1.79 bits per heavy atom. The Bertz CT molecular complexity index is 670. The number of hydrogen-bond donors (Lipinski definition) is 0. The molecule has 1 aromatic carbocycles. The van der Waals surface area contributed by atoms with E-state index in [2.05, 4.69) is 0 Å². The van der Waals surface area contributed by atoms with Gasteiger partial charge in [0.2, 0.25) is 11.8 Å². The number of hydrogen-bond acceptors (Lipinski definition) is 4. The van der Waals surface area contributed by atoms with E-state index in [4.69, 9.17) is 9.47 Å². The van der Waals surface area contributed by atoms with Crippen molar-refractivity contribution in [2.24, 2.45) is 0 Å². The summed E-state index contributed by atoms with van der Waals surface area (Å²) in [6, 6.07) is 6.66. The SMILES string of the molecule is COCC(=O)N(C1CCOCC1)C1CCN(C(=O)Cc2ccccc2F)CC1. The van der Waals surface area contributed by atoms with Gasteiger partial charge in [-0.15, -0.1) is 0 Å². The summed E-state index contributed by atoms with van der Waals surface area (Å²) in [6.45, 7) is 2.57. The van der Waals surface area contributed by atoms with Crippen LogP contribution in [0.5, 0.6) is 0 Å². The van der Waals surface area contributed by atoms with Crippen molar-refractivity contribution in [3.8, 4) is 0 Å². The molecule has 2 fully saturated rings. The highest BCUT2D eigenvalue weighted by molar-refractivity contribution is 5.79. The average molecular weight is 392 g/mol. The molecule has 6 nitrogen and oxygen atoms in total. The minimum absolute atomic E-state index is 0.00512. The van der Waals surface area contributed by atoms with Crippen molar-refractivity contribution in [2.45, 2.75) is 44.2 Å². The van der Waals surface area contributed by atoms with Crippen LogP contribution < -0.4 is 0 Å². The van der Waals surface area contributed by atoms with Crippen LogP contribution in [-0.2, 0) is 25.5 Å². The number of amides is 2. The lowest BCUT2D eigenvalue weighted by Crippen LogP contribution is -2.54. The number of piperidine rings is 1. The molecule has 3 rings (SSSR count). The summed E-state index contributed by atoms with van der Waals surface area (Å²) >= 11 is 0. The molecule has 28 heavy (non-hydrogen) atoms. The van der Waals surface area contributed by atoms with Gasteiger partial charge in [-0.05, 0) is 37.3 Å². The molecule has 0 bridgehead atoms. The van der Waals surface area contributed by atoms with Gasteiger partial charge < -0.3 is 19.3 Å². The van der Waals surface area contributed by atoms with Crippen LogP contribution in [-0.4, -0.2) is 73.7 Å². The van der Waals surface area contributed by atoms with Gasteiger partial charge in [0.25, 0.3) is 0 Å². The van der Waals surface area contributed by atoms with Gasteiger partial charge in [-0.2, -0.15) is 0 Å². The molecule has 7 heteroatoms. The first-order chi connectivity index (χ1) is 13.6. The highest BCUT2D eigenvalue weighted by atomic mass is 19.1. The number of carbonyl (C=O) groups excluding carboxylic acids is 2. The molecule has 0 radical (unpaired) electrons. The number of rotatable bonds is 6. The summed E-state index contributed by atoms with van der Waals surface area (Å²) in [4.78, 5) is 29.0. The van der Waals surface area contributed by atoms with Gasteiger partial charge in [0.15, 0.2) is 0 Å². The quantitative estimate of drug-likeness (QED) is 0.743. The zero-order valence-corrected chi connectivity index (χ0v) is 16.4. The molecule has 0 spiro atoms. The number of benzene rings is 1. The lowest BCUT2D eigenvalue weighted by atomic mass is 9.97. The first-order valence-electron chi connectivity index (χ1n) is 9.99. The minimum atomic E-state index is -0.346. The molecule has 2 heterocycles. The Labute approximate surface area is 165 Å². The summed E-state index contributed by atoms with van der Waals surface area (Å²) in [5.74, 6) is -0.406. The number of carbonyl (C=O) groups is 2. The van der Waals surface area contributed by atoms with Crippen LogP contribution in [0.25, 0.3) is 0 Å². The maximum atomic E-state index is 13.8. The van der Waals surface area contributed by atoms with Crippen molar-refractivity contribution in [1.82, 2.24) is 9.80 Å². The Kier molecular flexibility index (Phi) is 7.39. The van der Waals surface area contributed by atoms with Crippen molar-refractivity contribution in [3.63, 3.8) is 0 Å². The molecule has 0 aliphatic carbocycles. The molecular formula is C21H29FN2O4. The van der Waals surface area contributed by atoms with Crippen molar-refractivity contribution < 1.29 is 23.5 Å². The van der Waals surface area contributed by atoms with Gasteiger partial charge in [-0.25, -0.2) is 4.39 Å². The highest BCUT2D eigenvalue weighted by Crippen LogP contribution is 2.24. The molecule has 0 unspecified atom stereocenters. The van der Waals surface area contributed by atoms with Gasteiger partial charge in [0, 0.05) is 45.5 Å². The molecular weight excluding hydrogens is 363 g/mol. The van der Waals surface area contributed by atoms with Crippen LogP contribution >= 0.6 is 0 Å². The first-order valence-corrected chi connectivity index (χ1v) is 9.99. The second kappa shape index (κ2) is 9.98. The molecule has 0 aromatic heterocycles. The molecule has 1 aromatic rings. The predicted octanol–water partition coefficient (Wildman–Crippen LogP) is 2.01. The number of methoxy groups -OCH3 is 1. The Morgan fingerprint density at radius 1 is 1.14 bits per heavy atom. The van der Waals surface area contributed by atoms with E-state index in [1.165, 1.54) is 13.2 Å². The third kappa shape index (κ3) is 5.08. The fourth-order valence-electron chi connectivity index (χ4n) is 4.18. The summed E-state index contributed by atoms with van der Waals surface area (Å²) in [5.41, 5.74) is 0.425. The second-order valence-electron chi connectivity index (χ2n) is 7.46. The fraction of sp³-hybridized carbons (Fsp3) is 0.619. The largest absolute Gasteiger partial charge is 0.381 e. The molecule has 2 amide bonds. The number of halogens is 1. The van der Waals surface area contributed by atoms with E-state index in [9.17, 15) is 14.0 Å². The standard InChI is InChI=1S/C21H29FN2O4/c1-27-15-21(26)24(18-8-12-28-13-9-18)17-6-10-23(11-7-17)20(25)14-16-4-2-3-5-19(16)22/h2-5,17-18H,6-15H2,1H3. The van der Waals surface area contributed by atoms with Crippen molar-refractivity contribution >= 4 is 11.8 Å². The summed E-state index contributed by atoms with van der Waals surface area (Å²) in [5, 5.41) is 0. The Balaban J connectivity index is 1.59. The molecule has 2 aliphatic heterocycles. The van der Waals surface area contributed by atoms with E-state index in [0.29, 0.717) is 31.9 Å². The van der Waals surface area contributed by atoms with Crippen LogP contribution in [0.15, 0.2) is 24.3 Å². The molecule has 0 N–H and O–H groups in total. The van der Waals surface area contributed by atoms with E-state index in [1.54, 1.807) is 23.1 Å². The van der Waals surface area contributed by atoms with Gasteiger partial charge in [0.05, 0.1) is 6.42 Å². The molecule has 0 saturated carbocycles. The summed E-state index contributed by atoms with van der Waals surface area (Å²) in [6.07, 6.45) is 3.21. The third-order valence-electron chi connectivity index (χ3n) is 5.65. The molecule has 2 aliphatic rings. The van der Waals surface area contributed by atoms with Crippen LogP contribution in [0.3, 0.4) is 0 Å². The monoisotopic (exact) mass is 392 g/mol. The molecule has 154 valence electrons. The van der Waals surface area contributed by atoms with Crippen LogP contribution in [0.4, 0.5) is 4.39 Å². The summed E-state index contributed by atoms with van der Waals surface area (Å²) < 4.78 is 24.3. The number of ether oxygens (including phenoxy) is 2. The topological polar surface area (TPSA) is 59.1 Å². The van der Waals surface area contributed by atoms with Gasteiger partial charge in [-0.3, -0.25) is 9.59 Å². The van der Waals surface area contributed by atoms with Crippen molar-refractivity contribution in [1.29, 1.82) is 0 Å². The van der Waals surface area contributed by atoms with Crippen molar-refractivity contribution in [3.05, 3.63) is 35.6 Å². The Hall–Kier alpha value is -1.99. The molecule has 2 saturated heterocycles. The maximum Gasteiger partial charge on any atom is 0.249 e. The number of nitrogens with zero attached hydrogens (tertiary/aromatic N) is 2. The maximum absolute atomic E-state index is 13.8. The first kappa shape index (κ1) is 20.7. The fourth-order valence-corrected chi connectivity index (χ4v) is 4.18. The van der Waals surface area contributed by atoms with Crippen LogP contribution in [0.1, 0.15) is 31.2 Å². The smallest absolute Gasteiger partial charge is 0.249 e. The number of likely N-dealkylation sites (tertiary alicyclic amines) is 1. The predicted molar refractivity (Wildman–Crippen MR) is 102 cm³/mol. The average Bonchev–Trinajstić information content (AvgIpc) is 2.71. The van der Waals surface area contributed by atoms with E-state index in [0.717, 1.165) is 25.7 Å². The van der Waals surface area contributed by atoms with E-state index < -0.39 is 0 Å². The highest BCUT2D eigenvalue weighted by Gasteiger charge is 2.34. The normalized spacial score (nSPS) is 18.9. The minimum Gasteiger partial charge on any atom is -0.381 e. The van der Waals surface area contributed by atoms with E-state index >= 15 is 0 Å². The van der Waals surface area contributed by atoms with Crippen LogP contribution in [0, 0.1) is 5.82 Å². The van der Waals surface area contributed by atoms with Gasteiger partial charge >= 0.3 is 0 Å². The zero-order valence-electron chi connectivity index (χ0n) is 16.4. The lowest BCUT2D eigenvalue weighted by Gasteiger charge is -2.43. The van der Waals surface area contributed by atoms with E-state index in [-0.39, 0.29) is 42.7 Å². The molecule has 0 atom stereocenters. The van der Waals surface area contributed by atoms with Gasteiger partial charge in [-0.1, -0.05) is 18.2 Å². The Morgan fingerprint density at radius 3 is 2.43 bits per heavy atom.